The van der Waals surface area contributed by atoms with Crippen LogP contribution in [0.3, 0.4) is 0 Å². The summed E-state index contributed by atoms with van der Waals surface area (Å²) in [6.07, 6.45) is 0. The van der Waals surface area contributed by atoms with E-state index >= 15 is 0 Å². The molecule has 10 heavy (non-hydrogen) atoms. The predicted octanol–water partition coefficient (Wildman–Crippen LogP) is -0.650. The number of hydrogen-bond acceptors (Lipinski definition) is 6. The molecule has 1 heterocycles. The van der Waals surface area contributed by atoms with Crippen LogP contribution < -0.4 is 10.6 Å². The summed E-state index contributed by atoms with van der Waals surface area (Å²) < 4.78 is 0. The molecule has 0 atom stereocenters. The van der Waals surface area contributed by atoms with Crippen LogP contribution in [-0.2, 0) is 0 Å². The molecule has 6 heteroatoms. The van der Waals surface area contributed by atoms with Gasteiger partial charge in [0.1, 0.15) is 0 Å². The summed E-state index contributed by atoms with van der Waals surface area (Å²) in [6, 6.07) is 0. The molecule has 1 rings (SSSR count). The largest absolute Gasteiger partial charge is 0.355 e. The minimum Gasteiger partial charge on any atom is -0.355 e. The molecule has 0 aliphatic heterocycles. The van der Waals surface area contributed by atoms with E-state index in [0.29, 0.717) is 11.9 Å². The highest BCUT2D eigenvalue weighted by molar-refractivity contribution is 5.23. The highest BCUT2D eigenvalue weighted by Crippen LogP contribution is 1.92. The Labute approximate surface area is 58.1 Å². The number of nitrogens with one attached hydrogen (secondary N) is 2. The van der Waals surface area contributed by atoms with Gasteiger partial charge in [-0.15, -0.1) is 20.4 Å². The number of hydrogen-bond donors (Lipinski definition) is 2. The van der Waals surface area contributed by atoms with Crippen LogP contribution in [0.5, 0.6) is 0 Å². The summed E-state index contributed by atoms with van der Waals surface area (Å²) in [4.78, 5) is 0. The molecule has 0 saturated carbocycles. The SMILES string of the molecule is CNc1nnc(NC)nn1. The Hall–Kier alpha value is -1.46. The Morgan fingerprint density at radius 3 is 1.30 bits per heavy atom. The fraction of sp³-hybridized carbons (Fsp3) is 0.500. The first-order chi connectivity index (χ1) is 4.86. The maximum absolute atomic E-state index is 3.67. The Morgan fingerprint density at radius 1 is 0.800 bits per heavy atom. The lowest BCUT2D eigenvalue weighted by Crippen LogP contribution is -2.04. The zero-order chi connectivity index (χ0) is 7.40. The first-order valence-corrected chi connectivity index (χ1v) is 2.79. The van der Waals surface area contributed by atoms with Gasteiger partial charge in [0.25, 0.3) is 11.9 Å². The molecule has 0 bridgehead atoms. The van der Waals surface area contributed by atoms with Gasteiger partial charge < -0.3 is 10.6 Å². The lowest BCUT2D eigenvalue weighted by molar-refractivity contribution is 0.869. The molecule has 0 spiro atoms. The van der Waals surface area contributed by atoms with Crippen LogP contribution in [0.4, 0.5) is 11.9 Å². The molecule has 0 radical (unpaired) electrons. The van der Waals surface area contributed by atoms with Crippen molar-refractivity contribution in [3.8, 4) is 0 Å². The maximum atomic E-state index is 3.67. The van der Waals surface area contributed by atoms with Crippen LogP contribution in [0.15, 0.2) is 0 Å². The van der Waals surface area contributed by atoms with Gasteiger partial charge in [-0.25, -0.2) is 0 Å². The van der Waals surface area contributed by atoms with E-state index in [2.05, 4.69) is 31.0 Å². The zero-order valence-electron chi connectivity index (χ0n) is 5.79. The first-order valence-electron chi connectivity index (χ1n) is 2.79. The number of aromatic nitrogens is 4. The molecule has 2 N–H and O–H groups in total. The first kappa shape index (κ1) is 6.66. The van der Waals surface area contributed by atoms with E-state index in [4.69, 9.17) is 0 Å². The molecule has 6 nitrogen and oxygen atoms in total. The fourth-order valence-corrected chi connectivity index (χ4v) is 0.429. The van der Waals surface area contributed by atoms with Crippen molar-refractivity contribution in [2.75, 3.05) is 24.7 Å². The molecule has 0 saturated heterocycles. The summed E-state index contributed by atoms with van der Waals surface area (Å²) in [5, 5.41) is 20.1. The molecule has 0 unspecified atom stereocenters. The second-order valence-electron chi connectivity index (χ2n) is 1.55. The molecular formula is C4H8N6. The highest BCUT2D eigenvalue weighted by Gasteiger charge is 1.93. The second kappa shape index (κ2) is 2.90. The summed E-state index contributed by atoms with van der Waals surface area (Å²) in [7, 11) is 3.41. The van der Waals surface area contributed by atoms with Crippen molar-refractivity contribution in [1.82, 2.24) is 20.4 Å². The molecule has 0 aromatic carbocycles. The molecule has 1 aromatic rings. The van der Waals surface area contributed by atoms with Gasteiger partial charge in [0, 0.05) is 14.1 Å². The van der Waals surface area contributed by atoms with Crippen molar-refractivity contribution >= 4 is 11.9 Å². The van der Waals surface area contributed by atoms with Crippen LogP contribution >= 0.6 is 0 Å². The Balaban J connectivity index is 2.80. The van der Waals surface area contributed by atoms with Crippen LogP contribution in [0.1, 0.15) is 0 Å². The van der Waals surface area contributed by atoms with Crippen LogP contribution in [-0.4, -0.2) is 34.5 Å². The van der Waals surface area contributed by atoms with Gasteiger partial charge in [-0.05, 0) is 0 Å². The Bertz CT molecular complexity index is 170. The minimum absolute atomic E-state index is 0.416. The van der Waals surface area contributed by atoms with E-state index in [1.807, 2.05) is 0 Å². The van der Waals surface area contributed by atoms with Crippen molar-refractivity contribution in [3.63, 3.8) is 0 Å². The van der Waals surface area contributed by atoms with Gasteiger partial charge in [0.05, 0.1) is 0 Å². The van der Waals surface area contributed by atoms with Gasteiger partial charge in [-0.3, -0.25) is 0 Å². The summed E-state index contributed by atoms with van der Waals surface area (Å²) in [5.74, 6) is 0.831. The topological polar surface area (TPSA) is 75.6 Å². The van der Waals surface area contributed by atoms with Crippen molar-refractivity contribution < 1.29 is 0 Å². The molecule has 0 amide bonds. The van der Waals surface area contributed by atoms with Gasteiger partial charge in [-0.2, -0.15) is 0 Å². The summed E-state index contributed by atoms with van der Waals surface area (Å²) in [5.41, 5.74) is 0. The third kappa shape index (κ3) is 1.28. The fourth-order valence-electron chi connectivity index (χ4n) is 0.429. The van der Waals surface area contributed by atoms with Crippen molar-refractivity contribution in [2.24, 2.45) is 0 Å². The Kier molecular flexibility index (Phi) is 1.93. The Morgan fingerprint density at radius 2 is 1.10 bits per heavy atom. The summed E-state index contributed by atoms with van der Waals surface area (Å²) in [6.45, 7) is 0. The third-order valence-corrected chi connectivity index (χ3v) is 0.926. The van der Waals surface area contributed by atoms with Crippen molar-refractivity contribution in [2.45, 2.75) is 0 Å². The smallest absolute Gasteiger partial charge is 0.262 e. The summed E-state index contributed by atoms with van der Waals surface area (Å²) >= 11 is 0. The molecule has 0 aliphatic carbocycles. The lowest BCUT2D eigenvalue weighted by Gasteiger charge is -1.95. The van der Waals surface area contributed by atoms with Gasteiger partial charge in [-0.1, -0.05) is 0 Å². The molecule has 54 valence electrons. The average Bonchev–Trinajstić information content (AvgIpc) is 2.05. The zero-order valence-corrected chi connectivity index (χ0v) is 5.79. The second-order valence-corrected chi connectivity index (χ2v) is 1.55. The third-order valence-electron chi connectivity index (χ3n) is 0.926. The standard InChI is InChI=1S/C4H8N6/c1-5-3-7-9-4(6-2)10-8-3/h1-2H3,(H,5,7,8)(H,6,9,10). The van der Waals surface area contributed by atoms with Crippen LogP contribution in [0.2, 0.25) is 0 Å². The predicted molar refractivity (Wildman–Crippen MR) is 36.7 cm³/mol. The van der Waals surface area contributed by atoms with E-state index < -0.39 is 0 Å². The van der Waals surface area contributed by atoms with Gasteiger partial charge in [0.2, 0.25) is 0 Å². The van der Waals surface area contributed by atoms with E-state index in [1.54, 1.807) is 14.1 Å². The number of rotatable bonds is 2. The number of nitrogens with zero attached hydrogens (tertiary/aromatic N) is 4. The lowest BCUT2D eigenvalue weighted by atomic mass is 10.9. The molecule has 1 aromatic heterocycles. The highest BCUT2D eigenvalue weighted by atomic mass is 15.4. The van der Waals surface area contributed by atoms with Gasteiger partial charge >= 0.3 is 0 Å². The van der Waals surface area contributed by atoms with E-state index in [-0.39, 0.29) is 0 Å². The quantitative estimate of drug-likeness (QED) is 0.568. The van der Waals surface area contributed by atoms with Crippen LogP contribution in [0.25, 0.3) is 0 Å². The maximum Gasteiger partial charge on any atom is 0.262 e. The van der Waals surface area contributed by atoms with Gasteiger partial charge in [0.15, 0.2) is 0 Å². The van der Waals surface area contributed by atoms with Crippen molar-refractivity contribution in [3.05, 3.63) is 0 Å². The minimum atomic E-state index is 0.416. The normalized spacial score (nSPS) is 9.00. The van der Waals surface area contributed by atoms with Crippen LogP contribution in [0, 0.1) is 0 Å². The van der Waals surface area contributed by atoms with E-state index in [1.165, 1.54) is 0 Å². The molecule has 0 fully saturated rings. The average molecular weight is 140 g/mol. The monoisotopic (exact) mass is 140 g/mol. The van der Waals surface area contributed by atoms with Crippen molar-refractivity contribution in [1.29, 1.82) is 0 Å². The number of anilines is 2. The van der Waals surface area contributed by atoms with E-state index in [9.17, 15) is 0 Å². The molecular weight excluding hydrogens is 132 g/mol. The van der Waals surface area contributed by atoms with E-state index in [0.717, 1.165) is 0 Å². The molecule has 0 aliphatic rings.